The molecule has 31 heavy (non-hydrogen) atoms. The van der Waals surface area contributed by atoms with Crippen LogP contribution in [-0.2, 0) is 11.3 Å². The summed E-state index contributed by atoms with van der Waals surface area (Å²) in [6.07, 6.45) is 0. The van der Waals surface area contributed by atoms with Gasteiger partial charge in [-0.05, 0) is 30.7 Å². The van der Waals surface area contributed by atoms with Crippen molar-refractivity contribution in [1.29, 1.82) is 0 Å². The molecule has 160 valence electrons. The maximum Gasteiger partial charge on any atom is 0.269 e. The predicted molar refractivity (Wildman–Crippen MR) is 114 cm³/mol. The van der Waals surface area contributed by atoms with Crippen molar-refractivity contribution in [1.82, 2.24) is 25.6 Å². The molecule has 1 aliphatic heterocycles. The van der Waals surface area contributed by atoms with Crippen LogP contribution in [0.25, 0.3) is 0 Å². The van der Waals surface area contributed by atoms with Gasteiger partial charge in [0.15, 0.2) is 16.7 Å². The van der Waals surface area contributed by atoms with Crippen LogP contribution >= 0.6 is 11.8 Å². The third-order valence-electron chi connectivity index (χ3n) is 4.54. The number of benzene rings is 2. The number of amides is 2. The minimum Gasteiger partial charge on any atom is -0.486 e. The van der Waals surface area contributed by atoms with E-state index in [9.17, 15) is 9.59 Å². The highest BCUT2D eigenvalue weighted by Crippen LogP contribution is 2.30. The van der Waals surface area contributed by atoms with Crippen molar-refractivity contribution in [3.8, 4) is 11.5 Å². The van der Waals surface area contributed by atoms with Gasteiger partial charge in [0.1, 0.15) is 19.0 Å². The number of thioether (sulfide) groups is 1. The molecule has 10 heteroatoms. The van der Waals surface area contributed by atoms with Gasteiger partial charge in [-0.2, -0.15) is 0 Å². The van der Waals surface area contributed by atoms with E-state index in [1.54, 1.807) is 18.2 Å². The minimum atomic E-state index is -0.446. The lowest BCUT2D eigenvalue weighted by molar-refractivity contribution is -0.119. The number of hydrogen-bond donors (Lipinski definition) is 2. The number of nitrogens with one attached hydrogen (secondary N) is 2. The largest absolute Gasteiger partial charge is 0.486 e. The van der Waals surface area contributed by atoms with E-state index in [1.165, 1.54) is 11.8 Å². The lowest BCUT2D eigenvalue weighted by atomic mass is 10.2. The number of aromatic nitrogens is 3. The first-order valence-corrected chi connectivity index (χ1v) is 10.6. The number of hydrazine groups is 1. The summed E-state index contributed by atoms with van der Waals surface area (Å²) in [6.45, 7) is 3.39. The highest BCUT2D eigenvalue weighted by atomic mass is 32.2. The number of fused-ring (bicyclic) bond motifs is 1. The third kappa shape index (κ3) is 5.15. The molecule has 1 aliphatic rings. The van der Waals surface area contributed by atoms with Crippen molar-refractivity contribution in [3.05, 3.63) is 65.5 Å². The molecule has 0 atom stereocenters. The fourth-order valence-corrected chi connectivity index (χ4v) is 3.75. The van der Waals surface area contributed by atoms with Crippen LogP contribution in [0.2, 0.25) is 0 Å². The molecule has 0 spiro atoms. The Hall–Kier alpha value is -3.53. The molecule has 0 saturated carbocycles. The van der Waals surface area contributed by atoms with E-state index in [2.05, 4.69) is 21.0 Å². The number of hydrogen-bond acceptors (Lipinski definition) is 7. The SMILES string of the molecule is Cc1nnc(SCC(=O)NNC(=O)c2ccc3c(c2)OCCO3)n1Cc1ccccc1. The Morgan fingerprint density at radius 1 is 1.03 bits per heavy atom. The van der Waals surface area contributed by atoms with E-state index >= 15 is 0 Å². The van der Waals surface area contributed by atoms with Crippen LogP contribution in [0.15, 0.2) is 53.7 Å². The first kappa shape index (κ1) is 20.7. The molecule has 3 aromatic rings. The summed E-state index contributed by atoms with van der Waals surface area (Å²) >= 11 is 1.25. The number of carbonyl (C=O) groups is 2. The Kier molecular flexibility index (Phi) is 6.37. The number of aryl methyl sites for hydroxylation is 1. The molecule has 2 aromatic carbocycles. The van der Waals surface area contributed by atoms with E-state index in [-0.39, 0.29) is 11.7 Å². The molecule has 0 saturated heterocycles. The van der Waals surface area contributed by atoms with Crippen molar-refractivity contribution >= 4 is 23.6 Å². The van der Waals surface area contributed by atoms with Gasteiger partial charge in [0.25, 0.3) is 5.91 Å². The summed E-state index contributed by atoms with van der Waals surface area (Å²) in [4.78, 5) is 24.5. The lowest BCUT2D eigenvalue weighted by Gasteiger charge is -2.18. The van der Waals surface area contributed by atoms with Crippen molar-refractivity contribution in [2.24, 2.45) is 0 Å². The van der Waals surface area contributed by atoms with Crippen molar-refractivity contribution < 1.29 is 19.1 Å². The van der Waals surface area contributed by atoms with Crippen LogP contribution in [-0.4, -0.2) is 45.5 Å². The summed E-state index contributed by atoms with van der Waals surface area (Å²) < 4.78 is 12.9. The molecular formula is C21H21N5O4S. The molecule has 0 unspecified atom stereocenters. The Morgan fingerprint density at radius 2 is 1.81 bits per heavy atom. The zero-order valence-corrected chi connectivity index (χ0v) is 17.6. The van der Waals surface area contributed by atoms with E-state index in [4.69, 9.17) is 9.47 Å². The molecule has 0 aliphatic carbocycles. The second kappa shape index (κ2) is 9.52. The van der Waals surface area contributed by atoms with Crippen LogP contribution in [0.5, 0.6) is 11.5 Å². The number of nitrogens with zero attached hydrogens (tertiary/aromatic N) is 3. The fourth-order valence-electron chi connectivity index (χ4n) is 2.97. The molecule has 0 bridgehead atoms. The first-order valence-electron chi connectivity index (χ1n) is 9.65. The summed E-state index contributed by atoms with van der Waals surface area (Å²) in [7, 11) is 0. The molecule has 0 fully saturated rings. The quantitative estimate of drug-likeness (QED) is 0.447. The first-order chi connectivity index (χ1) is 15.1. The Labute approximate surface area is 183 Å². The van der Waals surface area contributed by atoms with E-state index in [0.717, 1.165) is 11.4 Å². The number of rotatable bonds is 6. The van der Waals surface area contributed by atoms with Gasteiger partial charge >= 0.3 is 0 Å². The summed E-state index contributed by atoms with van der Waals surface area (Å²) in [5, 5.41) is 8.89. The van der Waals surface area contributed by atoms with Crippen molar-refractivity contribution in [2.75, 3.05) is 19.0 Å². The van der Waals surface area contributed by atoms with Gasteiger partial charge in [-0.1, -0.05) is 42.1 Å². The molecule has 2 N–H and O–H groups in total. The predicted octanol–water partition coefficient (Wildman–Crippen LogP) is 1.96. The Bertz CT molecular complexity index is 1090. The summed E-state index contributed by atoms with van der Waals surface area (Å²) in [5.74, 6) is 1.14. The van der Waals surface area contributed by atoms with Gasteiger partial charge in [0.2, 0.25) is 5.91 Å². The molecule has 4 rings (SSSR count). The van der Waals surface area contributed by atoms with Gasteiger partial charge in [0.05, 0.1) is 12.3 Å². The van der Waals surface area contributed by atoms with Gasteiger partial charge < -0.3 is 14.0 Å². The summed E-state index contributed by atoms with van der Waals surface area (Å²) in [5.41, 5.74) is 6.30. The monoisotopic (exact) mass is 439 g/mol. The second-order valence-corrected chi connectivity index (χ2v) is 7.69. The highest BCUT2D eigenvalue weighted by Gasteiger charge is 2.16. The van der Waals surface area contributed by atoms with Gasteiger partial charge in [0, 0.05) is 5.56 Å². The maximum absolute atomic E-state index is 12.3. The maximum atomic E-state index is 12.3. The van der Waals surface area contributed by atoms with E-state index < -0.39 is 5.91 Å². The molecule has 0 radical (unpaired) electrons. The van der Waals surface area contributed by atoms with Crippen LogP contribution < -0.4 is 20.3 Å². The van der Waals surface area contributed by atoms with Crippen LogP contribution in [0.4, 0.5) is 0 Å². The number of ether oxygens (including phenoxy) is 2. The van der Waals surface area contributed by atoms with Crippen LogP contribution in [0.3, 0.4) is 0 Å². The van der Waals surface area contributed by atoms with Gasteiger partial charge in [-0.25, -0.2) is 0 Å². The standard InChI is InChI=1S/C21H21N5O4S/c1-14-22-25-21(26(14)12-15-5-3-2-4-6-15)31-13-19(27)23-24-20(28)16-7-8-17-18(11-16)30-10-9-29-17/h2-8,11H,9-10,12-13H2,1H3,(H,23,27)(H,24,28). The van der Waals surface area contributed by atoms with Crippen molar-refractivity contribution in [3.63, 3.8) is 0 Å². The molecule has 2 amide bonds. The minimum absolute atomic E-state index is 0.0777. The average molecular weight is 439 g/mol. The zero-order valence-electron chi connectivity index (χ0n) is 16.8. The average Bonchev–Trinajstić information content (AvgIpc) is 3.15. The molecule has 9 nitrogen and oxygen atoms in total. The Morgan fingerprint density at radius 3 is 2.61 bits per heavy atom. The lowest BCUT2D eigenvalue weighted by Crippen LogP contribution is -2.42. The second-order valence-electron chi connectivity index (χ2n) is 6.75. The topological polar surface area (TPSA) is 107 Å². The molecular weight excluding hydrogens is 418 g/mol. The smallest absolute Gasteiger partial charge is 0.269 e. The summed E-state index contributed by atoms with van der Waals surface area (Å²) in [6, 6.07) is 14.8. The van der Waals surface area contributed by atoms with Gasteiger partial charge in [-0.15, -0.1) is 10.2 Å². The van der Waals surface area contributed by atoms with Crippen LogP contribution in [0, 0.1) is 6.92 Å². The van der Waals surface area contributed by atoms with E-state index in [1.807, 2.05) is 41.8 Å². The third-order valence-corrected chi connectivity index (χ3v) is 5.50. The van der Waals surface area contributed by atoms with Gasteiger partial charge in [-0.3, -0.25) is 20.4 Å². The normalized spacial score (nSPS) is 12.3. The number of carbonyl (C=O) groups excluding carboxylic acids is 2. The molecule has 1 aromatic heterocycles. The molecule has 2 heterocycles. The van der Waals surface area contributed by atoms with Crippen LogP contribution in [0.1, 0.15) is 21.7 Å². The Balaban J connectivity index is 1.29. The zero-order chi connectivity index (χ0) is 21.6. The van der Waals surface area contributed by atoms with Crippen molar-refractivity contribution in [2.45, 2.75) is 18.6 Å². The highest BCUT2D eigenvalue weighted by molar-refractivity contribution is 7.99. The van der Waals surface area contributed by atoms with E-state index in [0.29, 0.717) is 42.0 Å². The fraction of sp³-hybridized carbons (Fsp3) is 0.238.